The van der Waals surface area contributed by atoms with Crippen LogP contribution in [0.1, 0.15) is 94.0 Å². The third-order valence-electron chi connectivity index (χ3n) is 10.4. The smallest absolute Gasteiger partial charge is 0.249 e. The van der Waals surface area contributed by atoms with Gasteiger partial charge in [-0.15, -0.1) is 0 Å². The Kier molecular flexibility index (Phi) is 10.9. The zero-order valence-corrected chi connectivity index (χ0v) is 27.1. The molecule has 45 heavy (non-hydrogen) atoms. The first-order valence-electron chi connectivity index (χ1n) is 16.7. The molecule has 0 saturated heterocycles. The van der Waals surface area contributed by atoms with Gasteiger partial charge in [-0.1, -0.05) is 46.5 Å². The fraction of sp³-hybridized carbons (Fsp3) is 0.686. The first-order chi connectivity index (χ1) is 21.7. The largest absolute Gasteiger partial charge is 0.493 e. The molecule has 3 N–H and O–H groups in total. The van der Waals surface area contributed by atoms with Crippen molar-refractivity contribution in [3.8, 4) is 11.5 Å². The van der Waals surface area contributed by atoms with E-state index in [9.17, 15) is 24.6 Å². The summed E-state index contributed by atoms with van der Waals surface area (Å²) in [5.74, 6) is 0.739. The fourth-order valence-electron chi connectivity index (χ4n) is 8.06. The zero-order chi connectivity index (χ0) is 32.2. The maximum absolute atomic E-state index is 14.3. The van der Waals surface area contributed by atoms with Gasteiger partial charge in [-0.25, -0.2) is 0 Å². The van der Waals surface area contributed by atoms with Crippen LogP contribution in [0.2, 0.25) is 0 Å². The Morgan fingerprint density at radius 1 is 1.16 bits per heavy atom. The lowest BCUT2D eigenvalue weighted by Crippen LogP contribution is -2.59. The average molecular weight is 627 g/mol. The summed E-state index contributed by atoms with van der Waals surface area (Å²) < 4.78 is 18.3. The molecule has 2 amide bonds. The molecule has 10 heteroatoms. The number of ether oxygens (including phenoxy) is 3. The minimum absolute atomic E-state index is 0.00549. The van der Waals surface area contributed by atoms with E-state index in [0.717, 1.165) is 51.4 Å². The highest BCUT2D eigenvalue weighted by Gasteiger charge is 2.52. The Balaban J connectivity index is 1.50. The molecule has 0 radical (unpaired) electrons. The summed E-state index contributed by atoms with van der Waals surface area (Å²) in [6, 6.07) is 2.27. The van der Waals surface area contributed by atoms with Gasteiger partial charge < -0.3 is 34.6 Å². The standard InChI is InChI=1S/C35H50N2O8/c1-20(2)24-11-10-21(3)14-28(24)44-19-30(40)37(23-8-6-5-7-9-23)27-17-26(35(42)36-12-13-38)31-25-15-22(18-39)16-29(43-4)33(25)45-34(31)32(27)41/h15-18,20-21,23-24,27-28,31-32,34,38,41H,5-14,19H2,1-4H3,(H,36,42). The van der Waals surface area contributed by atoms with Gasteiger partial charge in [0.1, 0.15) is 25.1 Å². The normalized spacial score (nSPS) is 29.7. The highest BCUT2D eigenvalue weighted by atomic mass is 16.5. The van der Waals surface area contributed by atoms with Crippen molar-refractivity contribution in [2.75, 3.05) is 26.9 Å². The zero-order valence-electron chi connectivity index (χ0n) is 27.1. The Morgan fingerprint density at radius 3 is 2.58 bits per heavy atom. The summed E-state index contributed by atoms with van der Waals surface area (Å²) >= 11 is 0. The Morgan fingerprint density at radius 2 is 1.91 bits per heavy atom. The van der Waals surface area contributed by atoms with E-state index in [-0.39, 0.29) is 37.8 Å². The summed E-state index contributed by atoms with van der Waals surface area (Å²) in [6.07, 6.45) is 8.13. The van der Waals surface area contributed by atoms with Gasteiger partial charge in [0, 0.05) is 29.3 Å². The highest BCUT2D eigenvalue weighted by Crippen LogP contribution is 2.51. The fourth-order valence-corrected chi connectivity index (χ4v) is 8.06. The van der Waals surface area contributed by atoms with Crippen molar-refractivity contribution >= 4 is 18.1 Å². The molecular formula is C35H50N2O8. The number of nitrogens with one attached hydrogen (secondary N) is 1. The van der Waals surface area contributed by atoms with Gasteiger partial charge in [0.15, 0.2) is 11.5 Å². The van der Waals surface area contributed by atoms with E-state index < -0.39 is 30.1 Å². The number of aldehydes is 1. The lowest BCUT2D eigenvalue weighted by atomic mass is 9.75. The van der Waals surface area contributed by atoms with Crippen LogP contribution in [-0.4, -0.2) is 90.5 Å². The maximum Gasteiger partial charge on any atom is 0.249 e. The third-order valence-corrected chi connectivity index (χ3v) is 10.4. The molecule has 3 aliphatic carbocycles. The lowest BCUT2D eigenvalue weighted by Gasteiger charge is -2.45. The summed E-state index contributed by atoms with van der Waals surface area (Å²) in [6.45, 7) is 6.37. The van der Waals surface area contributed by atoms with Crippen LogP contribution in [0.25, 0.3) is 0 Å². The summed E-state index contributed by atoms with van der Waals surface area (Å²) in [5, 5.41) is 24.2. The van der Waals surface area contributed by atoms with Crippen LogP contribution in [0.3, 0.4) is 0 Å². The number of rotatable bonds is 11. The summed E-state index contributed by atoms with van der Waals surface area (Å²) in [7, 11) is 1.47. The van der Waals surface area contributed by atoms with Gasteiger partial charge in [0.25, 0.3) is 0 Å². The first-order valence-corrected chi connectivity index (χ1v) is 16.7. The predicted molar refractivity (Wildman–Crippen MR) is 168 cm³/mol. The van der Waals surface area contributed by atoms with E-state index in [1.54, 1.807) is 23.1 Å². The maximum atomic E-state index is 14.3. The number of amides is 2. The van der Waals surface area contributed by atoms with Crippen molar-refractivity contribution in [1.29, 1.82) is 0 Å². The number of hydrogen-bond donors (Lipinski definition) is 3. The summed E-state index contributed by atoms with van der Waals surface area (Å²) in [5.41, 5.74) is 1.24. The number of benzene rings is 1. The number of nitrogens with zero attached hydrogens (tertiary/aromatic N) is 1. The van der Waals surface area contributed by atoms with Gasteiger partial charge in [0.05, 0.1) is 31.8 Å². The van der Waals surface area contributed by atoms with Crippen molar-refractivity contribution in [2.45, 2.75) is 108 Å². The number of fused-ring (bicyclic) bond motifs is 3. The van der Waals surface area contributed by atoms with Crippen molar-refractivity contribution in [3.05, 3.63) is 34.9 Å². The second kappa shape index (κ2) is 14.6. The quantitative estimate of drug-likeness (QED) is 0.316. The van der Waals surface area contributed by atoms with Gasteiger partial charge in [-0.05, 0) is 61.6 Å². The molecule has 7 atom stereocenters. The van der Waals surface area contributed by atoms with Gasteiger partial charge in [0.2, 0.25) is 11.8 Å². The molecule has 1 aliphatic heterocycles. The monoisotopic (exact) mass is 626 g/mol. The molecular weight excluding hydrogens is 576 g/mol. The molecule has 2 saturated carbocycles. The van der Waals surface area contributed by atoms with Crippen LogP contribution in [0.5, 0.6) is 11.5 Å². The first kappa shape index (κ1) is 33.4. The predicted octanol–water partition coefficient (Wildman–Crippen LogP) is 3.77. The SMILES string of the molecule is COc1cc(C=O)cc2c1OC1C2C(C(=O)NCCO)=CC(N(C(=O)COC2CC(C)CCC2C(C)C)C2CCCCC2)C1O. The van der Waals surface area contributed by atoms with E-state index in [0.29, 0.717) is 52.2 Å². The van der Waals surface area contributed by atoms with Crippen molar-refractivity contribution in [2.24, 2.45) is 17.8 Å². The molecule has 1 heterocycles. The van der Waals surface area contributed by atoms with Gasteiger partial charge in [-0.2, -0.15) is 0 Å². The number of carbonyl (C=O) groups is 3. The molecule has 2 fully saturated rings. The van der Waals surface area contributed by atoms with Crippen molar-refractivity contribution < 1.29 is 38.8 Å². The van der Waals surface area contributed by atoms with Crippen LogP contribution in [-0.2, 0) is 14.3 Å². The van der Waals surface area contributed by atoms with E-state index in [1.165, 1.54) is 7.11 Å². The molecule has 0 aromatic heterocycles. The molecule has 248 valence electrons. The van der Waals surface area contributed by atoms with Crippen LogP contribution in [0.15, 0.2) is 23.8 Å². The lowest BCUT2D eigenvalue weighted by molar-refractivity contribution is -0.151. The van der Waals surface area contributed by atoms with Gasteiger partial charge in [-0.3, -0.25) is 14.4 Å². The molecule has 1 aromatic rings. The second-order valence-electron chi connectivity index (χ2n) is 13.7. The Bertz CT molecular complexity index is 1260. The molecule has 1 aromatic carbocycles. The molecule has 10 nitrogen and oxygen atoms in total. The number of aliphatic hydroxyl groups is 2. The number of hydrogen-bond acceptors (Lipinski definition) is 8. The van der Waals surface area contributed by atoms with E-state index in [4.69, 9.17) is 14.2 Å². The molecule has 5 rings (SSSR count). The molecule has 0 bridgehead atoms. The Labute approximate surface area is 266 Å². The molecule has 0 spiro atoms. The van der Waals surface area contributed by atoms with Gasteiger partial charge >= 0.3 is 0 Å². The highest BCUT2D eigenvalue weighted by molar-refractivity contribution is 5.96. The third kappa shape index (κ3) is 6.93. The van der Waals surface area contributed by atoms with Crippen LogP contribution < -0.4 is 14.8 Å². The number of aliphatic hydroxyl groups excluding tert-OH is 2. The topological polar surface area (TPSA) is 135 Å². The van der Waals surface area contributed by atoms with Crippen LogP contribution in [0.4, 0.5) is 0 Å². The van der Waals surface area contributed by atoms with Crippen LogP contribution in [0, 0.1) is 17.8 Å². The Hall–Kier alpha value is -2.95. The summed E-state index contributed by atoms with van der Waals surface area (Å²) in [4.78, 5) is 41.4. The molecule has 7 unspecified atom stereocenters. The molecule has 4 aliphatic rings. The number of methoxy groups -OCH3 is 1. The van der Waals surface area contributed by atoms with E-state index in [1.807, 2.05) is 0 Å². The average Bonchev–Trinajstić information content (AvgIpc) is 3.43. The van der Waals surface area contributed by atoms with E-state index >= 15 is 0 Å². The van der Waals surface area contributed by atoms with E-state index in [2.05, 4.69) is 26.1 Å². The number of carbonyl (C=O) groups excluding carboxylic acids is 3. The second-order valence-corrected chi connectivity index (χ2v) is 13.7. The van der Waals surface area contributed by atoms with Crippen molar-refractivity contribution in [3.63, 3.8) is 0 Å². The van der Waals surface area contributed by atoms with Crippen LogP contribution >= 0.6 is 0 Å². The minimum atomic E-state index is -1.16. The van der Waals surface area contributed by atoms with Crippen molar-refractivity contribution in [1.82, 2.24) is 10.2 Å². The minimum Gasteiger partial charge on any atom is -0.493 e.